The molecule has 0 radical (unpaired) electrons. The van der Waals surface area contributed by atoms with Crippen LogP contribution in [0.2, 0.25) is 5.02 Å². The number of methoxy groups -OCH3 is 2. The van der Waals surface area contributed by atoms with Crippen LogP contribution in [0, 0.1) is 6.92 Å². The summed E-state index contributed by atoms with van der Waals surface area (Å²) in [6.45, 7) is 4.46. The van der Waals surface area contributed by atoms with Gasteiger partial charge < -0.3 is 24.4 Å². The Hall–Kier alpha value is -2.58. The zero-order valence-electron chi connectivity index (χ0n) is 15.4. The first-order chi connectivity index (χ1) is 13.0. The van der Waals surface area contributed by atoms with E-state index in [4.69, 9.17) is 25.8 Å². The molecule has 0 atom stereocenters. The number of halogens is 1. The Morgan fingerprint density at radius 3 is 2.52 bits per heavy atom. The number of aryl methyl sites for hydroxylation is 1. The third kappa shape index (κ3) is 4.40. The second kappa shape index (κ2) is 8.41. The Kier molecular flexibility index (Phi) is 5.98. The maximum atomic E-state index is 12.8. The maximum Gasteiger partial charge on any atom is 0.274 e. The summed E-state index contributed by atoms with van der Waals surface area (Å²) >= 11 is 6.11. The Balaban J connectivity index is 1.87. The highest BCUT2D eigenvalue weighted by Crippen LogP contribution is 2.36. The lowest BCUT2D eigenvalue weighted by Gasteiger charge is -2.28. The fraction of sp³-hybridized carbons (Fsp3) is 0.389. The minimum absolute atomic E-state index is 0.264. The van der Waals surface area contributed by atoms with E-state index < -0.39 is 0 Å². The van der Waals surface area contributed by atoms with Crippen LogP contribution in [0.5, 0.6) is 11.5 Å². The van der Waals surface area contributed by atoms with Crippen molar-refractivity contribution in [1.29, 1.82) is 0 Å². The number of hydrogen-bond acceptors (Lipinski definition) is 7. The highest BCUT2D eigenvalue weighted by Gasteiger charge is 2.19. The van der Waals surface area contributed by atoms with Crippen LogP contribution in [-0.2, 0) is 4.74 Å². The van der Waals surface area contributed by atoms with Gasteiger partial charge in [-0.15, -0.1) is 0 Å². The lowest BCUT2D eigenvalue weighted by atomic mass is 10.2. The summed E-state index contributed by atoms with van der Waals surface area (Å²) in [7, 11) is 3.00. The molecule has 0 aliphatic carbocycles. The van der Waals surface area contributed by atoms with Crippen LogP contribution < -0.4 is 19.7 Å². The molecule has 1 N–H and O–H groups in total. The first-order valence-electron chi connectivity index (χ1n) is 8.43. The minimum atomic E-state index is -0.377. The van der Waals surface area contributed by atoms with E-state index in [1.54, 1.807) is 25.1 Å². The molecule has 8 nitrogen and oxygen atoms in total. The number of hydrogen-bond donors (Lipinski definition) is 1. The number of nitrogens with one attached hydrogen (secondary N) is 1. The van der Waals surface area contributed by atoms with Crippen molar-refractivity contribution >= 4 is 29.0 Å². The van der Waals surface area contributed by atoms with Crippen LogP contribution in [0.3, 0.4) is 0 Å². The molecule has 0 bridgehead atoms. The van der Waals surface area contributed by atoms with Crippen molar-refractivity contribution in [3.05, 3.63) is 34.7 Å². The van der Waals surface area contributed by atoms with Gasteiger partial charge in [0.1, 0.15) is 28.8 Å². The Bertz CT molecular complexity index is 840. The van der Waals surface area contributed by atoms with E-state index in [1.807, 2.05) is 0 Å². The van der Waals surface area contributed by atoms with Crippen molar-refractivity contribution in [3.8, 4) is 11.5 Å². The molecule has 1 aromatic carbocycles. The first kappa shape index (κ1) is 19.2. The van der Waals surface area contributed by atoms with Crippen molar-refractivity contribution < 1.29 is 19.0 Å². The smallest absolute Gasteiger partial charge is 0.274 e. The van der Waals surface area contributed by atoms with E-state index in [2.05, 4.69) is 20.2 Å². The lowest BCUT2D eigenvalue weighted by molar-refractivity contribution is 0.102. The monoisotopic (exact) mass is 392 g/mol. The Morgan fingerprint density at radius 1 is 1.15 bits per heavy atom. The van der Waals surface area contributed by atoms with Gasteiger partial charge in [-0.05, 0) is 6.92 Å². The highest BCUT2D eigenvalue weighted by molar-refractivity contribution is 6.32. The van der Waals surface area contributed by atoms with Gasteiger partial charge >= 0.3 is 0 Å². The van der Waals surface area contributed by atoms with Gasteiger partial charge in [-0.2, -0.15) is 0 Å². The predicted octanol–water partition coefficient (Wildman–Crippen LogP) is 2.54. The predicted molar refractivity (Wildman–Crippen MR) is 102 cm³/mol. The fourth-order valence-electron chi connectivity index (χ4n) is 2.77. The van der Waals surface area contributed by atoms with Crippen molar-refractivity contribution in [2.75, 3.05) is 50.7 Å². The molecular formula is C18H21ClN4O4. The highest BCUT2D eigenvalue weighted by atomic mass is 35.5. The average molecular weight is 393 g/mol. The lowest BCUT2D eigenvalue weighted by Crippen LogP contribution is -2.37. The van der Waals surface area contributed by atoms with Crippen LogP contribution in [-0.4, -0.2) is 56.4 Å². The molecule has 0 spiro atoms. The van der Waals surface area contributed by atoms with Gasteiger partial charge in [0, 0.05) is 31.3 Å². The number of carbonyl (C=O) groups is 1. The maximum absolute atomic E-state index is 12.8. The first-order valence-corrected chi connectivity index (χ1v) is 8.81. The molecule has 0 unspecified atom stereocenters. The summed E-state index contributed by atoms with van der Waals surface area (Å²) in [5.74, 6) is 1.70. The molecule has 1 aliphatic rings. The van der Waals surface area contributed by atoms with E-state index >= 15 is 0 Å². The largest absolute Gasteiger partial charge is 0.495 e. The molecule has 2 aromatic rings. The van der Waals surface area contributed by atoms with Gasteiger partial charge in [0.25, 0.3) is 5.91 Å². The summed E-state index contributed by atoms with van der Waals surface area (Å²) in [4.78, 5) is 23.5. The van der Waals surface area contributed by atoms with Crippen molar-refractivity contribution in [2.45, 2.75) is 6.92 Å². The normalized spacial score (nSPS) is 14.0. The third-order valence-electron chi connectivity index (χ3n) is 4.11. The van der Waals surface area contributed by atoms with E-state index in [1.165, 1.54) is 14.2 Å². The number of aromatic nitrogens is 2. The number of ether oxygens (including phenoxy) is 3. The second-order valence-electron chi connectivity index (χ2n) is 5.90. The van der Waals surface area contributed by atoms with Gasteiger partial charge in [0.2, 0.25) is 0 Å². The number of rotatable bonds is 5. The van der Waals surface area contributed by atoms with Crippen LogP contribution in [0.1, 0.15) is 16.3 Å². The van der Waals surface area contributed by atoms with Crippen LogP contribution in [0.4, 0.5) is 11.5 Å². The van der Waals surface area contributed by atoms with Gasteiger partial charge in [-0.25, -0.2) is 9.97 Å². The quantitative estimate of drug-likeness (QED) is 0.836. The second-order valence-corrected chi connectivity index (χ2v) is 6.31. The molecule has 3 rings (SSSR count). The number of morpholine rings is 1. The molecule has 1 fully saturated rings. The van der Waals surface area contributed by atoms with Gasteiger partial charge in [0.05, 0.1) is 38.1 Å². The average Bonchev–Trinajstić information content (AvgIpc) is 2.69. The molecule has 0 saturated carbocycles. The summed E-state index contributed by atoms with van der Waals surface area (Å²) in [6, 6.07) is 4.86. The summed E-state index contributed by atoms with van der Waals surface area (Å²) in [6.07, 6.45) is 0. The fourth-order valence-corrected chi connectivity index (χ4v) is 3.00. The van der Waals surface area contributed by atoms with Crippen molar-refractivity contribution in [2.24, 2.45) is 0 Å². The zero-order valence-corrected chi connectivity index (χ0v) is 16.2. The van der Waals surface area contributed by atoms with E-state index in [0.717, 1.165) is 13.1 Å². The molecule has 1 amide bonds. The third-order valence-corrected chi connectivity index (χ3v) is 4.41. The summed E-state index contributed by atoms with van der Waals surface area (Å²) in [5.41, 5.74) is 0.702. The van der Waals surface area contributed by atoms with Crippen molar-refractivity contribution in [1.82, 2.24) is 9.97 Å². The number of amides is 1. The van der Waals surface area contributed by atoms with Crippen LogP contribution >= 0.6 is 11.6 Å². The van der Waals surface area contributed by atoms with E-state index in [9.17, 15) is 4.79 Å². The van der Waals surface area contributed by atoms with Gasteiger partial charge in [-0.3, -0.25) is 4.79 Å². The molecular weight excluding hydrogens is 372 g/mol. The minimum Gasteiger partial charge on any atom is -0.495 e. The Labute approximate surface area is 162 Å². The SMILES string of the molecule is COc1cc(NC(=O)c2cc(N3CCOCC3)nc(C)n2)c(OC)cc1Cl. The number of anilines is 2. The van der Waals surface area contributed by atoms with Crippen LogP contribution in [0.15, 0.2) is 18.2 Å². The molecule has 1 saturated heterocycles. The van der Waals surface area contributed by atoms with E-state index in [-0.39, 0.29) is 11.6 Å². The summed E-state index contributed by atoms with van der Waals surface area (Å²) in [5, 5.41) is 3.19. The standard InChI is InChI=1S/C18H21ClN4O4/c1-11-20-14(10-17(21-11)23-4-6-27-7-5-23)18(24)22-13-9-15(25-2)12(19)8-16(13)26-3/h8-10H,4-7H2,1-3H3,(H,22,24). The topological polar surface area (TPSA) is 85.8 Å². The van der Waals surface area contributed by atoms with Crippen LogP contribution in [0.25, 0.3) is 0 Å². The zero-order chi connectivity index (χ0) is 19.4. The molecule has 27 heavy (non-hydrogen) atoms. The molecule has 9 heteroatoms. The van der Waals surface area contributed by atoms with E-state index in [0.29, 0.717) is 47.1 Å². The van der Waals surface area contributed by atoms with Gasteiger partial charge in [0.15, 0.2) is 0 Å². The molecule has 1 aromatic heterocycles. The number of carbonyl (C=O) groups excluding carboxylic acids is 1. The summed E-state index contributed by atoms with van der Waals surface area (Å²) < 4.78 is 15.9. The molecule has 2 heterocycles. The van der Waals surface area contributed by atoms with Gasteiger partial charge in [-0.1, -0.05) is 11.6 Å². The molecule has 1 aliphatic heterocycles. The Morgan fingerprint density at radius 2 is 1.85 bits per heavy atom. The van der Waals surface area contributed by atoms with Crippen molar-refractivity contribution in [3.63, 3.8) is 0 Å². The number of benzene rings is 1. The number of nitrogens with zero attached hydrogens (tertiary/aromatic N) is 3. The molecule has 144 valence electrons.